The van der Waals surface area contributed by atoms with Gasteiger partial charge in [0.25, 0.3) is 0 Å². The van der Waals surface area contributed by atoms with Gasteiger partial charge in [0.15, 0.2) is 11.6 Å². The second-order valence-electron chi connectivity index (χ2n) is 3.53. The van der Waals surface area contributed by atoms with Crippen LogP contribution < -0.4 is 4.74 Å². The molecule has 0 unspecified atom stereocenters. The number of ether oxygens (including phenoxy) is 1. The molecule has 0 heterocycles. The molecule has 0 radical (unpaired) electrons. The Morgan fingerprint density at radius 3 is 2.14 bits per heavy atom. The summed E-state index contributed by atoms with van der Waals surface area (Å²) in [6.07, 6.45) is 0. The highest BCUT2D eigenvalue weighted by atomic mass is 19.2. The van der Waals surface area contributed by atoms with Crippen molar-refractivity contribution in [1.82, 2.24) is 0 Å². The van der Waals surface area contributed by atoms with Crippen LogP contribution in [0, 0.1) is 11.6 Å². The van der Waals surface area contributed by atoms with E-state index in [4.69, 9.17) is 4.74 Å². The Morgan fingerprint density at radius 2 is 1.71 bits per heavy atom. The predicted molar refractivity (Wildman–Crippen MR) is 48.2 cm³/mol. The van der Waals surface area contributed by atoms with Gasteiger partial charge in [-0.15, -0.1) is 0 Å². The zero-order chi connectivity index (χ0) is 10.9. The lowest BCUT2D eigenvalue weighted by molar-refractivity contribution is 0.0751. The minimum Gasteiger partial charge on any atom is -0.496 e. The van der Waals surface area contributed by atoms with E-state index in [0.29, 0.717) is 0 Å². The Bertz CT molecular complexity index is 343. The molecule has 14 heavy (non-hydrogen) atoms. The molecule has 1 aromatic carbocycles. The fourth-order valence-corrected chi connectivity index (χ4v) is 1.18. The van der Waals surface area contributed by atoms with Crippen molar-refractivity contribution in [3.8, 4) is 5.75 Å². The predicted octanol–water partition coefficient (Wildman–Crippen LogP) is 2.20. The van der Waals surface area contributed by atoms with Crippen LogP contribution in [0.3, 0.4) is 0 Å². The third-order valence-corrected chi connectivity index (χ3v) is 1.90. The molecule has 0 saturated heterocycles. The van der Waals surface area contributed by atoms with Crippen LogP contribution in [0.25, 0.3) is 0 Å². The van der Waals surface area contributed by atoms with Crippen LogP contribution in [-0.4, -0.2) is 12.2 Å². The van der Waals surface area contributed by atoms with Gasteiger partial charge in [-0.1, -0.05) is 0 Å². The van der Waals surface area contributed by atoms with Gasteiger partial charge in [0.05, 0.1) is 12.7 Å². The Balaban J connectivity index is 3.35. The third-order valence-electron chi connectivity index (χ3n) is 1.90. The molecule has 0 saturated carbocycles. The van der Waals surface area contributed by atoms with E-state index >= 15 is 0 Å². The highest BCUT2D eigenvalue weighted by Gasteiger charge is 2.23. The summed E-state index contributed by atoms with van der Waals surface area (Å²) < 4.78 is 30.5. The first-order valence-electron chi connectivity index (χ1n) is 4.12. The second kappa shape index (κ2) is 3.53. The number of hydrogen-bond acceptors (Lipinski definition) is 2. The van der Waals surface area contributed by atoms with E-state index in [1.807, 2.05) is 0 Å². The summed E-state index contributed by atoms with van der Waals surface area (Å²) in [5, 5.41) is 9.65. The molecule has 0 bridgehead atoms. The van der Waals surface area contributed by atoms with Crippen molar-refractivity contribution in [3.63, 3.8) is 0 Å². The SMILES string of the molecule is COc1cc(F)c(F)cc1C(C)(C)O. The van der Waals surface area contributed by atoms with Gasteiger partial charge in [-0.3, -0.25) is 0 Å². The van der Waals surface area contributed by atoms with Crippen molar-refractivity contribution in [3.05, 3.63) is 29.3 Å². The quantitative estimate of drug-likeness (QED) is 0.796. The number of aliphatic hydroxyl groups is 1. The average Bonchev–Trinajstić information content (AvgIpc) is 2.07. The van der Waals surface area contributed by atoms with E-state index in [2.05, 4.69) is 0 Å². The molecular formula is C10H12F2O2. The molecule has 0 aliphatic carbocycles. The molecule has 4 heteroatoms. The van der Waals surface area contributed by atoms with E-state index < -0.39 is 17.2 Å². The number of benzene rings is 1. The molecule has 0 amide bonds. The highest BCUT2D eigenvalue weighted by molar-refractivity contribution is 5.38. The van der Waals surface area contributed by atoms with Crippen molar-refractivity contribution in [2.75, 3.05) is 7.11 Å². The standard InChI is InChI=1S/C10H12F2O2/c1-10(2,13)6-4-7(11)8(12)5-9(6)14-3/h4-5,13H,1-3H3. The normalized spacial score (nSPS) is 11.6. The zero-order valence-corrected chi connectivity index (χ0v) is 8.27. The molecule has 0 fully saturated rings. The van der Waals surface area contributed by atoms with E-state index in [0.717, 1.165) is 12.1 Å². The minimum absolute atomic E-state index is 0.136. The lowest BCUT2D eigenvalue weighted by Gasteiger charge is -2.20. The molecule has 1 aromatic rings. The van der Waals surface area contributed by atoms with Crippen LogP contribution in [-0.2, 0) is 5.60 Å². The Hall–Kier alpha value is -1.16. The Labute approximate surface area is 81.1 Å². The number of rotatable bonds is 2. The summed E-state index contributed by atoms with van der Waals surface area (Å²) in [6.45, 7) is 2.95. The molecule has 1 N–H and O–H groups in total. The van der Waals surface area contributed by atoms with Crippen LogP contribution in [0.2, 0.25) is 0 Å². The second-order valence-corrected chi connectivity index (χ2v) is 3.53. The maximum atomic E-state index is 12.9. The molecule has 0 aliphatic heterocycles. The van der Waals surface area contributed by atoms with Gasteiger partial charge in [0, 0.05) is 11.6 Å². The fraction of sp³-hybridized carbons (Fsp3) is 0.400. The van der Waals surface area contributed by atoms with Crippen LogP contribution in [0.15, 0.2) is 12.1 Å². The van der Waals surface area contributed by atoms with Gasteiger partial charge in [0.2, 0.25) is 0 Å². The molecule has 2 nitrogen and oxygen atoms in total. The summed E-state index contributed by atoms with van der Waals surface area (Å²) in [7, 11) is 1.34. The summed E-state index contributed by atoms with van der Waals surface area (Å²) in [4.78, 5) is 0. The molecule has 78 valence electrons. The molecule has 0 spiro atoms. The summed E-state index contributed by atoms with van der Waals surface area (Å²) in [6, 6.07) is 1.86. The smallest absolute Gasteiger partial charge is 0.162 e. The maximum Gasteiger partial charge on any atom is 0.162 e. The first-order valence-corrected chi connectivity index (χ1v) is 4.12. The monoisotopic (exact) mass is 202 g/mol. The number of halogens is 2. The van der Waals surface area contributed by atoms with Gasteiger partial charge in [-0.2, -0.15) is 0 Å². The van der Waals surface area contributed by atoms with Gasteiger partial charge < -0.3 is 9.84 Å². The van der Waals surface area contributed by atoms with Crippen molar-refractivity contribution >= 4 is 0 Å². The molecule has 1 rings (SSSR count). The van der Waals surface area contributed by atoms with E-state index in [9.17, 15) is 13.9 Å². The Morgan fingerprint density at radius 1 is 1.21 bits per heavy atom. The minimum atomic E-state index is -1.26. The van der Waals surface area contributed by atoms with Crippen LogP contribution in [0.1, 0.15) is 19.4 Å². The van der Waals surface area contributed by atoms with Gasteiger partial charge >= 0.3 is 0 Å². The molecular weight excluding hydrogens is 190 g/mol. The van der Waals surface area contributed by atoms with Crippen LogP contribution in [0.5, 0.6) is 5.75 Å². The molecule has 0 atom stereocenters. The van der Waals surface area contributed by atoms with Crippen LogP contribution in [0.4, 0.5) is 8.78 Å². The highest BCUT2D eigenvalue weighted by Crippen LogP contribution is 2.31. The Kier molecular flexibility index (Phi) is 2.76. The lowest BCUT2D eigenvalue weighted by Crippen LogP contribution is -2.17. The fourth-order valence-electron chi connectivity index (χ4n) is 1.18. The zero-order valence-electron chi connectivity index (χ0n) is 8.27. The van der Waals surface area contributed by atoms with E-state index in [1.165, 1.54) is 21.0 Å². The average molecular weight is 202 g/mol. The van der Waals surface area contributed by atoms with Gasteiger partial charge in [-0.05, 0) is 19.9 Å². The summed E-state index contributed by atoms with van der Waals surface area (Å²) in [5.41, 5.74) is -1.04. The summed E-state index contributed by atoms with van der Waals surface area (Å²) in [5.74, 6) is -1.85. The lowest BCUT2D eigenvalue weighted by atomic mass is 9.97. The van der Waals surface area contributed by atoms with Gasteiger partial charge in [0.1, 0.15) is 5.75 Å². The first kappa shape index (κ1) is 10.9. The first-order chi connectivity index (χ1) is 6.36. The largest absolute Gasteiger partial charge is 0.496 e. The maximum absolute atomic E-state index is 12.9. The van der Waals surface area contributed by atoms with E-state index in [-0.39, 0.29) is 11.3 Å². The van der Waals surface area contributed by atoms with Crippen molar-refractivity contribution in [2.45, 2.75) is 19.4 Å². The number of hydrogen-bond donors (Lipinski definition) is 1. The van der Waals surface area contributed by atoms with Crippen molar-refractivity contribution in [1.29, 1.82) is 0 Å². The summed E-state index contributed by atoms with van der Waals surface area (Å²) >= 11 is 0. The van der Waals surface area contributed by atoms with E-state index in [1.54, 1.807) is 0 Å². The van der Waals surface area contributed by atoms with Gasteiger partial charge in [-0.25, -0.2) is 8.78 Å². The number of methoxy groups -OCH3 is 1. The van der Waals surface area contributed by atoms with Crippen LogP contribution >= 0.6 is 0 Å². The van der Waals surface area contributed by atoms with Crippen molar-refractivity contribution in [2.24, 2.45) is 0 Å². The topological polar surface area (TPSA) is 29.5 Å². The third kappa shape index (κ3) is 2.01. The van der Waals surface area contributed by atoms with Crippen molar-refractivity contribution < 1.29 is 18.6 Å². The molecule has 0 aliphatic rings. The molecule has 0 aromatic heterocycles.